The molecule has 1 aromatic carbocycles. The highest BCUT2D eigenvalue weighted by atomic mass is 16.6. The standard InChI is InChI=1S/C25H29N5O4/c1-25(2,3)34-24(33)30-11-10-19-18(22(30)32)13-20(29(19)4)21-16(14-27-23(26)28-21)9-8-15-6-5-7-17(31)12-15/h5-7,12-14,31H,8-11H2,1-4H3,(H2,26,27,28). The lowest BCUT2D eigenvalue weighted by atomic mass is 10.0. The zero-order valence-corrected chi connectivity index (χ0v) is 19.8. The van der Waals surface area contributed by atoms with E-state index in [2.05, 4.69) is 9.97 Å². The molecule has 9 heteroatoms. The van der Waals surface area contributed by atoms with Crippen molar-refractivity contribution in [2.24, 2.45) is 7.05 Å². The third-order valence-corrected chi connectivity index (χ3v) is 5.74. The molecule has 1 aliphatic rings. The van der Waals surface area contributed by atoms with Gasteiger partial charge in [0.05, 0.1) is 17.0 Å². The molecule has 3 heterocycles. The molecule has 0 spiro atoms. The van der Waals surface area contributed by atoms with Crippen LogP contribution in [0.4, 0.5) is 10.7 Å². The summed E-state index contributed by atoms with van der Waals surface area (Å²) in [6, 6.07) is 8.87. The summed E-state index contributed by atoms with van der Waals surface area (Å²) in [5, 5.41) is 9.74. The SMILES string of the molecule is Cn1c(-c2nc(N)ncc2CCc2cccc(O)c2)cc2c1CCN(C(=O)OC(C)(C)C)C2=O. The lowest BCUT2D eigenvalue weighted by molar-refractivity contribution is 0.0232. The first-order valence-electron chi connectivity index (χ1n) is 11.2. The molecular weight excluding hydrogens is 434 g/mol. The average molecular weight is 464 g/mol. The van der Waals surface area contributed by atoms with E-state index < -0.39 is 11.7 Å². The Morgan fingerprint density at radius 2 is 2.00 bits per heavy atom. The Morgan fingerprint density at radius 3 is 2.71 bits per heavy atom. The number of nitrogen functional groups attached to an aromatic ring is 1. The Kier molecular flexibility index (Phi) is 6.03. The van der Waals surface area contributed by atoms with Crippen molar-refractivity contribution in [2.45, 2.75) is 45.6 Å². The number of hydrogen-bond acceptors (Lipinski definition) is 7. The number of nitrogens with zero attached hydrogens (tertiary/aromatic N) is 4. The summed E-state index contributed by atoms with van der Waals surface area (Å²) in [5.41, 5.74) is 9.72. The Bertz CT molecular complexity index is 1260. The lowest BCUT2D eigenvalue weighted by Crippen LogP contribution is -2.44. The van der Waals surface area contributed by atoms with Crippen molar-refractivity contribution in [3.63, 3.8) is 0 Å². The number of nitrogens with two attached hydrogens (primary N) is 1. The number of phenolic OH excluding ortho intramolecular Hbond substituents is 1. The zero-order chi connectivity index (χ0) is 24.6. The van der Waals surface area contributed by atoms with Crippen LogP contribution < -0.4 is 5.73 Å². The smallest absolute Gasteiger partial charge is 0.417 e. The molecule has 0 unspecified atom stereocenters. The number of phenols is 1. The number of fused-ring (bicyclic) bond motifs is 1. The Morgan fingerprint density at radius 1 is 1.24 bits per heavy atom. The number of carbonyl (C=O) groups is 2. The van der Waals surface area contributed by atoms with E-state index in [0.717, 1.165) is 27.4 Å². The molecule has 178 valence electrons. The van der Waals surface area contributed by atoms with Crippen molar-refractivity contribution >= 4 is 17.9 Å². The fourth-order valence-electron chi connectivity index (χ4n) is 4.13. The van der Waals surface area contributed by atoms with E-state index >= 15 is 0 Å². The minimum Gasteiger partial charge on any atom is -0.508 e. The van der Waals surface area contributed by atoms with Gasteiger partial charge < -0.3 is 20.1 Å². The van der Waals surface area contributed by atoms with Crippen LogP contribution in [0.2, 0.25) is 0 Å². The highest BCUT2D eigenvalue weighted by Crippen LogP contribution is 2.31. The second-order valence-corrected chi connectivity index (χ2v) is 9.41. The van der Waals surface area contributed by atoms with Crippen LogP contribution in [0.15, 0.2) is 36.5 Å². The summed E-state index contributed by atoms with van der Waals surface area (Å²) in [6.07, 6.45) is 2.85. The molecule has 0 bridgehead atoms. The largest absolute Gasteiger partial charge is 0.508 e. The van der Waals surface area contributed by atoms with E-state index in [0.29, 0.717) is 30.5 Å². The normalized spacial score (nSPS) is 13.6. The third-order valence-electron chi connectivity index (χ3n) is 5.74. The van der Waals surface area contributed by atoms with Crippen LogP contribution in [-0.4, -0.2) is 48.7 Å². The number of aryl methyl sites for hydroxylation is 2. The maximum Gasteiger partial charge on any atom is 0.417 e. The number of imide groups is 1. The van der Waals surface area contributed by atoms with Crippen molar-refractivity contribution in [1.82, 2.24) is 19.4 Å². The molecule has 0 radical (unpaired) electrons. The van der Waals surface area contributed by atoms with Gasteiger partial charge in [0.1, 0.15) is 11.4 Å². The van der Waals surface area contributed by atoms with Crippen molar-refractivity contribution in [3.05, 3.63) is 58.9 Å². The molecule has 34 heavy (non-hydrogen) atoms. The van der Waals surface area contributed by atoms with Gasteiger partial charge in [-0.3, -0.25) is 4.79 Å². The van der Waals surface area contributed by atoms with Crippen LogP contribution in [0, 0.1) is 0 Å². The van der Waals surface area contributed by atoms with Gasteiger partial charge in [0.2, 0.25) is 5.95 Å². The highest BCUT2D eigenvalue weighted by molar-refractivity contribution is 6.05. The van der Waals surface area contributed by atoms with Gasteiger partial charge >= 0.3 is 6.09 Å². The number of anilines is 1. The predicted octanol–water partition coefficient (Wildman–Crippen LogP) is 3.49. The Hall–Kier alpha value is -3.88. The van der Waals surface area contributed by atoms with Gasteiger partial charge in [-0.2, -0.15) is 0 Å². The minimum atomic E-state index is -0.692. The van der Waals surface area contributed by atoms with Crippen molar-refractivity contribution < 1.29 is 19.4 Å². The molecule has 0 fully saturated rings. The van der Waals surface area contributed by atoms with Gasteiger partial charge in [0.15, 0.2) is 0 Å². The second kappa shape index (κ2) is 8.81. The quantitative estimate of drug-likeness (QED) is 0.607. The number of amides is 2. The van der Waals surface area contributed by atoms with Gasteiger partial charge in [0.25, 0.3) is 5.91 Å². The van der Waals surface area contributed by atoms with Gasteiger partial charge in [-0.15, -0.1) is 0 Å². The van der Waals surface area contributed by atoms with E-state index in [9.17, 15) is 14.7 Å². The molecule has 2 aromatic heterocycles. The van der Waals surface area contributed by atoms with E-state index in [4.69, 9.17) is 10.5 Å². The zero-order valence-electron chi connectivity index (χ0n) is 19.8. The number of benzene rings is 1. The summed E-state index contributed by atoms with van der Waals surface area (Å²) in [4.78, 5) is 35.5. The van der Waals surface area contributed by atoms with E-state index in [-0.39, 0.29) is 24.1 Å². The fourth-order valence-corrected chi connectivity index (χ4v) is 4.13. The predicted molar refractivity (Wildman–Crippen MR) is 127 cm³/mol. The number of aromatic hydroxyl groups is 1. The van der Waals surface area contributed by atoms with Gasteiger partial charge in [-0.25, -0.2) is 19.7 Å². The van der Waals surface area contributed by atoms with Gasteiger partial charge in [-0.1, -0.05) is 12.1 Å². The van der Waals surface area contributed by atoms with Crippen LogP contribution >= 0.6 is 0 Å². The second-order valence-electron chi connectivity index (χ2n) is 9.41. The first-order chi connectivity index (χ1) is 16.0. The molecule has 4 rings (SSSR count). The number of carbonyl (C=O) groups excluding carboxylic acids is 2. The number of rotatable bonds is 4. The summed E-state index contributed by atoms with van der Waals surface area (Å²) < 4.78 is 7.34. The summed E-state index contributed by atoms with van der Waals surface area (Å²) in [5.74, 6) is -0.0351. The average Bonchev–Trinajstić information content (AvgIpc) is 3.09. The van der Waals surface area contributed by atoms with Crippen molar-refractivity contribution in [3.8, 4) is 17.1 Å². The molecule has 1 aliphatic heterocycles. The minimum absolute atomic E-state index is 0.136. The lowest BCUT2D eigenvalue weighted by Gasteiger charge is -2.28. The summed E-state index contributed by atoms with van der Waals surface area (Å²) in [7, 11) is 1.88. The van der Waals surface area contributed by atoms with Gasteiger partial charge in [0, 0.05) is 31.9 Å². The van der Waals surface area contributed by atoms with Crippen molar-refractivity contribution in [1.29, 1.82) is 0 Å². The molecule has 0 saturated heterocycles. The molecule has 3 N–H and O–H groups in total. The van der Waals surface area contributed by atoms with E-state index in [1.807, 2.05) is 17.7 Å². The monoisotopic (exact) mass is 463 g/mol. The molecule has 0 saturated carbocycles. The Labute approximate surface area is 198 Å². The Balaban J connectivity index is 1.65. The fraction of sp³-hybridized carbons (Fsp3) is 0.360. The third kappa shape index (κ3) is 4.73. The topological polar surface area (TPSA) is 124 Å². The number of hydrogen-bond donors (Lipinski definition) is 2. The number of ether oxygens (including phenoxy) is 1. The van der Waals surface area contributed by atoms with Gasteiger partial charge in [-0.05, 0) is 62.9 Å². The molecule has 2 amide bonds. The highest BCUT2D eigenvalue weighted by Gasteiger charge is 2.35. The molecule has 0 atom stereocenters. The maximum absolute atomic E-state index is 13.2. The van der Waals surface area contributed by atoms with E-state index in [1.54, 1.807) is 51.2 Å². The van der Waals surface area contributed by atoms with Crippen LogP contribution in [0.25, 0.3) is 11.4 Å². The first-order valence-corrected chi connectivity index (χ1v) is 11.2. The van der Waals surface area contributed by atoms with Crippen LogP contribution in [0.3, 0.4) is 0 Å². The van der Waals surface area contributed by atoms with Crippen LogP contribution in [0.5, 0.6) is 5.75 Å². The van der Waals surface area contributed by atoms with Crippen LogP contribution in [-0.2, 0) is 31.0 Å². The molecule has 3 aromatic rings. The summed E-state index contributed by atoms with van der Waals surface area (Å²) in [6.45, 7) is 5.55. The molecule has 0 aliphatic carbocycles. The van der Waals surface area contributed by atoms with Crippen LogP contribution in [0.1, 0.15) is 48.0 Å². The molecule has 9 nitrogen and oxygen atoms in total. The van der Waals surface area contributed by atoms with E-state index in [1.165, 1.54) is 0 Å². The number of aromatic nitrogens is 3. The van der Waals surface area contributed by atoms with Crippen molar-refractivity contribution in [2.75, 3.05) is 12.3 Å². The first kappa shape index (κ1) is 23.3. The summed E-state index contributed by atoms with van der Waals surface area (Å²) >= 11 is 0. The molecular formula is C25H29N5O4. The maximum atomic E-state index is 13.2.